The van der Waals surface area contributed by atoms with Gasteiger partial charge in [-0.15, -0.1) is 12.4 Å². The second-order valence-electron chi connectivity index (χ2n) is 6.37. The molecule has 2 aromatic rings. The third kappa shape index (κ3) is 6.41. The topological polar surface area (TPSA) is 110 Å². The van der Waals surface area contributed by atoms with Crippen LogP contribution in [0.3, 0.4) is 0 Å². The minimum atomic E-state index is -4.71. The van der Waals surface area contributed by atoms with Crippen molar-refractivity contribution in [1.82, 2.24) is 5.32 Å². The van der Waals surface area contributed by atoms with E-state index < -0.39 is 17.5 Å². The van der Waals surface area contributed by atoms with Crippen LogP contribution < -0.4 is 20.5 Å². The fourth-order valence-electron chi connectivity index (χ4n) is 2.71. The summed E-state index contributed by atoms with van der Waals surface area (Å²) in [6, 6.07) is 9.25. The average Bonchev–Trinajstić information content (AvgIpc) is 3.11. The molecule has 12 heteroatoms. The molecule has 33 heavy (non-hydrogen) atoms. The van der Waals surface area contributed by atoms with E-state index in [0.29, 0.717) is 28.7 Å². The van der Waals surface area contributed by atoms with Gasteiger partial charge in [0.15, 0.2) is 16.7 Å². The fourth-order valence-corrected chi connectivity index (χ4v) is 3.55. The Hall–Kier alpha value is -3.20. The third-order valence-electron chi connectivity index (χ3n) is 4.15. The van der Waals surface area contributed by atoms with E-state index in [4.69, 9.17) is 20.5 Å². The monoisotopic (exact) mass is 498 g/mol. The van der Waals surface area contributed by atoms with Gasteiger partial charge in [0.05, 0.1) is 35.8 Å². The molecule has 0 aromatic heterocycles. The molecule has 0 spiro atoms. The molecule has 1 amide bonds. The molecule has 0 saturated carbocycles. The van der Waals surface area contributed by atoms with Crippen molar-refractivity contribution in [3.8, 4) is 23.3 Å². The number of carbonyl (C=O) groups excluding carboxylic acids is 1. The Bertz CT molecular complexity index is 1150. The number of thioether (sulfide) groups is 1. The Morgan fingerprint density at radius 3 is 2.58 bits per heavy atom. The first-order chi connectivity index (χ1) is 15.2. The number of halogens is 4. The fraction of sp³-hybridized carbons (Fsp3) is 0.190. The second kappa shape index (κ2) is 11.1. The van der Waals surface area contributed by atoms with Crippen LogP contribution in [0.1, 0.15) is 16.7 Å². The van der Waals surface area contributed by atoms with Gasteiger partial charge in [0.2, 0.25) is 0 Å². The van der Waals surface area contributed by atoms with Crippen molar-refractivity contribution in [2.45, 2.75) is 6.18 Å². The predicted octanol–water partition coefficient (Wildman–Crippen LogP) is 4.32. The van der Waals surface area contributed by atoms with Gasteiger partial charge in [-0.2, -0.15) is 18.4 Å². The number of nitrogens with zero attached hydrogens (tertiary/aromatic N) is 2. The van der Waals surface area contributed by atoms with Gasteiger partial charge in [-0.1, -0.05) is 6.07 Å². The van der Waals surface area contributed by atoms with Crippen molar-refractivity contribution in [3.05, 3.63) is 58.0 Å². The number of nitrogens with two attached hydrogens (primary N) is 1. The van der Waals surface area contributed by atoms with Crippen molar-refractivity contribution in [2.24, 2.45) is 10.7 Å². The number of hydrogen-bond acceptors (Lipinski definition) is 7. The number of hydrogen-bond donors (Lipinski definition) is 2. The number of aliphatic imine (C=N–C) groups is 1. The number of benzene rings is 2. The molecule has 1 aliphatic heterocycles. The summed E-state index contributed by atoms with van der Waals surface area (Å²) in [4.78, 5) is 16.6. The van der Waals surface area contributed by atoms with E-state index in [2.05, 4.69) is 10.3 Å². The predicted molar refractivity (Wildman–Crippen MR) is 122 cm³/mol. The van der Waals surface area contributed by atoms with E-state index in [1.165, 1.54) is 25.3 Å². The molecule has 2 aromatic carbocycles. The molecule has 0 atom stereocenters. The Balaban J connectivity index is 0.00000385. The van der Waals surface area contributed by atoms with Gasteiger partial charge in [-0.05, 0) is 53.7 Å². The first-order valence-electron chi connectivity index (χ1n) is 9.18. The molecule has 174 valence electrons. The molecule has 0 aliphatic carbocycles. The van der Waals surface area contributed by atoms with Gasteiger partial charge in [0, 0.05) is 6.54 Å². The minimum Gasteiger partial charge on any atom is -0.493 e. The molecule has 1 fully saturated rings. The Kier molecular flexibility index (Phi) is 8.76. The Labute approximate surface area is 197 Å². The summed E-state index contributed by atoms with van der Waals surface area (Å²) >= 11 is 1.15. The maximum absolute atomic E-state index is 13.4. The van der Waals surface area contributed by atoms with Crippen molar-refractivity contribution in [2.75, 3.05) is 20.2 Å². The number of amides is 1. The average molecular weight is 499 g/mol. The number of rotatable bonds is 6. The normalized spacial score (nSPS) is 15.7. The largest absolute Gasteiger partial charge is 0.493 e. The van der Waals surface area contributed by atoms with Gasteiger partial charge >= 0.3 is 6.18 Å². The summed E-state index contributed by atoms with van der Waals surface area (Å²) in [6.45, 7) is 0.734. The molecule has 1 aliphatic rings. The molecule has 0 bridgehead atoms. The number of nitrogens with one attached hydrogen (secondary N) is 1. The molecular weight excluding hydrogens is 481 g/mol. The zero-order chi connectivity index (χ0) is 23.3. The van der Waals surface area contributed by atoms with E-state index in [1.54, 1.807) is 18.2 Å². The summed E-state index contributed by atoms with van der Waals surface area (Å²) in [7, 11) is 1.34. The van der Waals surface area contributed by atoms with E-state index in [-0.39, 0.29) is 35.4 Å². The van der Waals surface area contributed by atoms with Crippen molar-refractivity contribution in [3.63, 3.8) is 0 Å². The molecule has 3 rings (SSSR count). The van der Waals surface area contributed by atoms with E-state index >= 15 is 0 Å². The highest BCUT2D eigenvalue weighted by Gasteiger charge is 2.35. The van der Waals surface area contributed by atoms with Crippen LogP contribution in [0.5, 0.6) is 17.2 Å². The maximum Gasteiger partial charge on any atom is 0.420 e. The van der Waals surface area contributed by atoms with Crippen LogP contribution in [0.25, 0.3) is 6.08 Å². The van der Waals surface area contributed by atoms with Crippen molar-refractivity contribution >= 4 is 41.3 Å². The van der Waals surface area contributed by atoms with Crippen LogP contribution in [0.15, 0.2) is 46.3 Å². The highest BCUT2D eigenvalue weighted by Crippen LogP contribution is 2.41. The Morgan fingerprint density at radius 1 is 1.21 bits per heavy atom. The highest BCUT2D eigenvalue weighted by molar-refractivity contribution is 8.18. The van der Waals surface area contributed by atoms with Crippen LogP contribution in [0.4, 0.5) is 13.2 Å². The number of amidine groups is 1. The summed E-state index contributed by atoms with van der Waals surface area (Å²) in [5.41, 5.74) is 4.76. The van der Waals surface area contributed by atoms with Crippen LogP contribution >= 0.6 is 24.2 Å². The Morgan fingerprint density at radius 2 is 1.94 bits per heavy atom. The van der Waals surface area contributed by atoms with Gasteiger partial charge < -0.3 is 20.5 Å². The van der Waals surface area contributed by atoms with Gasteiger partial charge in [-0.3, -0.25) is 9.79 Å². The number of carbonyl (C=O) groups is 1. The molecule has 1 heterocycles. The molecule has 0 radical (unpaired) electrons. The number of nitriles is 1. The summed E-state index contributed by atoms with van der Waals surface area (Å²) in [5.74, 6) is -0.583. The summed E-state index contributed by atoms with van der Waals surface area (Å²) < 4.78 is 50.9. The summed E-state index contributed by atoms with van der Waals surface area (Å²) in [6.07, 6.45) is -3.11. The zero-order valence-electron chi connectivity index (χ0n) is 17.1. The zero-order valence-corrected chi connectivity index (χ0v) is 18.7. The SMILES string of the molecule is COc1cc(/C=C2/SC(=NCCN)NC2=O)ccc1Oc1ccc(C#N)cc1C(F)(F)F.Cl. The smallest absolute Gasteiger partial charge is 0.420 e. The number of alkyl halides is 3. The van der Waals surface area contributed by atoms with Crippen molar-refractivity contribution in [1.29, 1.82) is 5.26 Å². The van der Waals surface area contributed by atoms with Crippen molar-refractivity contribution < 1.29 is 27.4 Å². The van der Waals surface area contributed by atoms with E-state index in [1.807, 2.05) is 0 Å². The summed E-state index contributed by atoms with van der Waals surface area (Å²) in [5, 5.41) is 12.0. The molecular formula is C21H18ClF3N4O3S. The third-order valence-corrected chi connectivity index (χ3v) is 5.10. The van der Waals surface area contributed by atoms with Crippen LogP contribution in [-0.2, 0) is 11.0 Å². The van der Waals surface area contributed by atoms with Crippen LogP contribution in [0.2, 0.25) is 0 Å². The van der Waals surface area contributed by atoms with Gasteiger partial charge in [0.25, 0.3) is 5.91 Å². The second-order valence-corrected chi connectivity index (χ2v) is 7.40. The van der Waals surface area contributed by atoms with E-state index in [9.17, 15) is 18.0 Å². The lowest BCUT2D eigenvalue weighted by Crippen LogP contribution is -2.20. The minimum absolute atomic E-state index is 0. The quantitative estimate of drug-likeness (QED) is 0.574. The van der Waals surface area contributed by atoms with Gasteiger partial charge in [-0.25, -0.2) is 0 Å². The lowest BCUT2D eigenvalue weighted by Gasteiger charge is -2.16. The van der Waals surface area contributed by atoms with Gasteiger partial charge in [0.1, 0.15) is 5.75 Å². The molecule has 3 N–H and O–H groups in total. The standard InChI is InChI=1S/C21H17F3N4O3S.ClH/c1-30-17-9-12(10-18-19(29)28-20(32-18)27-7-6-25)2-5-16(17)31-15-4-3-13(11-26)8-14(15)21(22,23)24;/h2-5,8-10H,6-7,25H2,1H3,(H,27,28,29);1H/b18-10+;. The first kappa shape index (κ1) is 26.1. The first-order valence-corrected chi connectivity index (χ1v) is 9.99. The molecule has 0 unspecified atom stereocenters. The highest BCUT2D eigenvalue weighted by atomic mass is 35.5. The van der Waals surface area contributed by atoms with Crippen LogP contribution in [0, 0.1) is 11.3 Å². The molecule has 1 saturated heterocycles. The number of ether oxygens (including phenoxy) is 2. The maximum atomic E-state index is 13.4. The lowest BCUT2D eigenvalue weighted by molar-refractivity contribution is -0.138. The van der Waals surface area contributed by atoms with Crippen LogP contribution in [-0.4, -0.2) is 31.3 Å². The number of methoxy groups -OCH3 is 1. The van der Waals surface area contributed by atoms with E-state index in [0.717, 1.165) is 23.9 Å². The lowest BCUT2D eigenvalue weighted by atomic mass is 10.1. The molecule has 7 nitrogen and oxygen atoms in total.